The van der Waals surface area contributed by atoms with Gasteiger partial charge in [-0.1, -0.05) is 18.2 Å². The van der Waals surface area contributed by atoms with Gasteiger partial charge in [0.2, 0.25) is 0 Å². The van der Waals surface area contributed by atoms with E-state index in [4.69, 9.17) is 4.74 Å². The second kappa shape index (κ2) is 7.51. The Hall–Kier alpha value is -1.06. The Bertz CT molecular complexity index is 375. The largest absolute Gasteiger partial charge is 0.494 e. The number of hydrogen-bond donors (Lipinski definition) is 1. The topological polar surface area (TPSA) is 24.5 Å². The number of rotatable bonds is 6. The Balaban J connectivity index is 1.88. The zero-order valence-electron chi connectivity index (χ0n) is 12.2. The van der Waals surface area contributed by atoms with E-state index in [9.17, 15) is 0 Å². The summed E-state index contributed by atoms with van der Waals surface area (Å²) in [4.78, 5) is 2.42. The smallest absolute Gasteiger partial charge is 0.123 e. The Morgan fingerprint density at radius 1 is 1.26 bits per heavy atom. The molecule has 1 N–H and O–H groups in total. The molecule has 0 saturated carbocycles. The number of ether oxygens (including phenoxy) is 1. The molecule has 3 nitrogen and oxygen atoms in total. The summed E-state index contributed by atoms with van der Waals surface area (Å²) in [5.41, 5.74) is 1.29. The van der Waals surface area contributed by atoms with Crippen molar-refractivity contribution >= 4 is 0 Å². The highest BCUT2D eigenvalue weighted by Gasteiger charge is 2.15. The summed E-state index contributed by atoms with van der Waals surface area (Å²) < 4.78 is 5.69. The lowest BCUT2D eigenvalue weighted by molar-refractivity contribution is 0.231. The summed E-state index contributed by atoms with van der Waals surface area (Å²) in [6, 6.07) is 8.37. The summed E-state index contributed by atoms with van der Waals surface area (Å²) >= 11 is 0. The Morgan fingerprint density at radius 2 is 2.00 bits per heavy atom. The van der Waals surface area contributed by atoms with E-state index in [1.165, 1.54) is 38.0 Å². The molecule has 1 saturated heterocycles. The fourth-order valence-corrected chi connectivity index (χ4v) is 2.79. The highest BCUT2D eigenvalue weighted by atomic mass is 16.5. The fourth-order valence-electron chi connectivity index (χ4n) is 2.79. The first kappa shape index (κ1) is 14.4. The lowest BCUT2D eigenvalue weighted by atomic mass is 9.97. The average Bonchev–Trinajstić information content (AvgIpc) is 2.42. The maximum atomic E-state index is 5.69. The molecule has 0 aromatic heterocycles. The van der Waals surface area contributed by atoms with Crippen LogP contribution in [0.4, 0.5) is 0 Å². The van der Waals surface area contributed by atoms with Crippen LogP contribution in [0.3, 0.4) is 0 Å². The Labute approximate surface area is 116 Å². The number of nitrogens with zero attached hydrogens (tertiary/aromatic N) is 1. The van der Waals surface area contributed by atoms with E-state index in [1.54, 1.807) is 0 Å². The zero-order chi connectivity index (χ0) is 13.5. The van der Waals surface area contributed by atoms with Crippen LogP contribution in [0.5, 0.6) is 5.75 Å². The molecule has 19 heavy (non-hydrogen) atoms. The van der Waals surface area contributed by atoms with Crippen LogP contribution in [0.2, 0.25) is 0 Å². The molecular formula is C16H26N2O. The molecule has 0 unspecified atom stereocenters. The molecule has 0 amide bonds. The summed E-state index contributed by atoms with van der Waals surface area (Å²) in [5, 5.41) is 3.42. The van der Waals surface area contributed by atoms with Gasteiger partial charge in [0, 0.05) is 18.7 Å². The van der Waals surface area contributed by atoms with Crippen molar-refractivity contribution in [2.24, 2.45) is 5.92 Å². The molecule has 106 valence electrons. The van der Waals surface area contributed by atoms with Crippen LogP contribution < -0.4 is 10.1 Å². The van der Waals surface area contributed by atoms with Gasteiger partial charge in [-0.15, -0.1) is 0 Å². The van der Waals surface area contributed by atoms with Gasteiger partial charge < -0.3 is 15.0 Å². The molecule has 3 heteroatoms. The standard InChI is InChI=1S/C16H26N2O/c1-3-19-16-7-5-4-6-15(16)13-18(2)12-14-8-10-17-11-9-14/h4-7,14,17H,3,8-13H2,1-2H3. The zero-order valence-corrected chi connectivity index (χ0v) is 12.2. The van der Waals surface area contributed by atoms with E-state index in [2.05, 4.69) is 35.5 Å². The van der Waals surface area contributed by atoms with Crippen molar-refractivity contribution in [1.82, 2.24) is 10.2 Å². The van der Waals surface area contributed by atoms with Crippen molar-refractivity contribution in [2.75, 3.05) is 33.3 Å². The monoisotopic (exact) mass is 262 g/mol. The first-order valence-electron chi connectivity index (χ1n) is 7.39. The minimum absolute atomic E-state index is 0.731. The Kier molecular flexibility index (Phi) is 5.67. The maximum Gasteiger partial charge on any atom is 0.123 e. The van der Waals surface area contributed by atoms with Gasteiger partial charge in [-0.2, -0.15) is 0 Å². The Morgan fingerprint density at radius 3 is 2.74 bits per heavy atom. The predicted octanol–water partition coefficient (Wildman–Crippen LogP) is 2.52. The van der Waals surface area contributed by atoms with Gasteiger partial charge in [0.1, 0.15) is 5.75 Å². The molecule has 0 atom stereocenters. The SMILES string of the molecule is CCOc1ccccc1CN(C)CC1CCNCC1. The molecule has 2 rings (SSSR count). The van der Waals surface area contributed by atoms with Gasteiger partial charge in [-0.05, 0) is 51.9 Å². The second-order valence-corrected chi connectivity index (χ2v) is 5.43. The molecule has 1 aliphatic rings. The number of para-hydroxylation sites is 1. The molecule has 1 aliphatic heterocycles. The second-order valence-electron chi connectivity index (χ2n) is 5.43. The first-order chi connectivity index (χ1) is 9.29. The number of hydrogen-bond acceptors (Lipinski definition) is 3. The number of piperidine rings is 1. The number of benzene rings is 1. The van der Waals surface area contributed by atoms with Gasteiger partial charge in [-0.25, -0.2) is 0 Å². The molecule has 1 heterocycles. The van der Waals surface area contributed by atoms with Crippen LogP contribution in [0.15, 0.2) is 24.3 Å². The van der Waals surface area contributed by atoms with Crippen molar-refractivity contribution in [3.8, 4) is 5.75 Å². The highest BCUT2D eigenvalue weighted by molar-refractivity contribution is 5.33. The molecule has 1 aromatic rings. The van der Waals surface area contributed by atoms with Gasteiger partial charge in [0.05, 0.1) is 6.61 Å². The summed E-state index contributed by atoms with van der Waals surface area (Å²) in [6.07, 6.45) is 2.61. The van der Waals surface area contributed by atoms with Crippen molar-refractivity contribution < 1.29 is 4.74 Å². The van der Waals surface area contributed by atoms with E-state index in [0.29, 0.717) is 0 Å². The van der Waals surface area contributed by atoms with Crippen LogP contribution in [0, 0.1) is 5.92 Å². The highest BCUT2D eigenvalue weighted by Crippen LogP contribution is 2.21. The fraction of sp³-hybridized carbons (Fsp3) is 0.625. The van der Waals surface area contributed by atoms with E-state index < -0.39 is 0 Å². The quantitative estimate of drug-likeness (QED) is 0.852. The van der Waals surface area contributed by atoms with Gasteiger partial charge >= 0.3 is 0 Å². The van der Waals surface area contributed by atoms with E-state index >= 15 is 0 Å². The van der Waals surface area contributed by atoms with Crippen molar-refractivity contribution in [2.45, 2.75) is 26.3 Å². The molecule has 0 aliphatic carbocycles. The van der Waals surface area contributed by atoms with E-state index in [1.807, 2.05) is 13.0 Å². The van der Waals surface area contributed by atoms with Crippen molar-refractivity contribution in [1.29, 1.82) is 0 Å². The molecule has 0 bridgehead atoms. The average molecular weight is 262 g/mol. The third-order valence-electron chi connectivity index (χ3n) is 3.74. The molecule has 1 fully saturated rings. The first-order valence-corrected chi connectivity index (χ1v) is 7.39. The van der Waals surface area contributed by atoms with E-state index in [-0.39, 0.29) is 0 Å². The van der Waals surface area contributed by atoms with Crippen molar-refractivity contribution in [3.05, 3.63) is 29.8 Å². The molecular weight excluding hydrogens is 236 g/mol. The maximum absolute atomic E-state index is 5.69. The molecule has 1 aromatic carbocycles. The summed E-state index contributed by atoms with van der Waals surface area (Å²) in [7, 11) is 2.21. The minimum atomic E-state index is 0.731. The number of nitrogens with one attached hydrogen (secondary N) is 1. The lowest BCUT2D eigenvalue weighted by Gasteiger charge is -2.27. The van der Waals surface area contributed by atoms with Crippen LogP contribution in [-0.4, -0.2) is 38.2 Å². The summed E-state index contributed by atoms with van der Waals surface area (Å²) in [6.45, 7) is 7.27. The molecule has 0 spiro atoms. The van der Waals surface area contributed by atoms with Crippen LogP contribution in [0.25, 0.3) is 0 Å². The van der Waals surface area contributed by atoms with Crippen LogP contribution in [0.1, 0.15) is 25.3 Å². The van der Waals surface area contributed by atoms with Crippen molar-refractivity contribution in [3.63, 3.8) is 0 Å². The minimum Gasteiger partial charge on any atom is -0.494 e. The lowest BCUT2D eigenvalue weighted by Crippen LogP contribution is -2.34. The van der Waals surface area contributed by atoms with Gasteiger partial charge in [-0.3, -0.25) is 0 Å². The third kappa shape index (κ3) is 4.51. The third-order valence-corrected chi connectivity index (χ3v) is 3.74. The van der Waals surface area contributed by atoms with Gasteiger partial charge in [0.15, 0.2) is 0 Å². The summed E-state index contributed by atoms with van der Waals surface area (Å²) in [5.74, 6) is 1.87. The normalized spacial score (nSPS) is 16.8. The van der Waals surface area contributed by atoms with Crippen LogP contribution >= 0.6 is 0 Å². The van der Waals surface area contributed by atoms with Gasteiger partial charge in [0.25, 0.3) is 0 Å². The van der Waals surface area contributed by atoms with Crippen LogP contribution in [-0.2, 0) is 6.54 Å². The predicted molar refractivity (Wildman–Crippen MR) is 79.5 cm³/mol. The molecule has 0 radical (unpaired) electrons. The van der Waals surface area contributed by atoms with E-state index in [0.717, 1.165) is 24.8 Å².